The number of hydrogen-bond acceptors (Lipinski definition) is 3. The lowest BCUT2D eigenvalue weighted by molar-refractivity contribution is 0.0951. The molecule has 2 aromatic rings. The van der Waals surface area contributed by atoms with Gasteiger partial charge in [-0.1, -0.05) is 6.07 Å². The zero-order valence-electron chi connectivity index (χ0n) is 9.93. The Morgan fingerprint density at radius 3 is 2.89 bits per heavy atom. The summed E-state index contributed by atoms with van der Waals surface area (Å²) in [5, 5.41) is 11.6. The van der Waals surface area contributed by atoms with E-state index in [1.807, 2.05) is 25.1 Å². The molecule has 1 aromatic heterocycles. The van der Waals surface area contributed by atoms with E-state index in [1.165, 1.54) is 4.88 Å². The highest BCUT2D eigenvalue weighted by Crippen LogP contribution is 2.14. The molecule has 0 atom stereocenters. The summed E-state index contributed by atoms with van der Waals surface area (Å²) in [7, 11) is 0. The molecule has 0 saturated heterocycles. The predicted molar refractivity (Wildman–Crippen MR) is 71.4 cm³/mol. The van der Waals surface area contributed by atoms with Gasteiger partial charge in [0, 0.05) is 15.3 Å². The summed E-state index contributed by atoms with van der Waals surface area (Å²) >= 11 is 1.67. The molecular weight excluding hydrogens is 244 g/mol. The van der Waals surface area contributed by atoms with Crippen molar-refractivity contribution >= 4 is 17.2 Å². The first-order chi connectivity index (χ1) is 8.69. The van der Waals surface area contributed by atoms with E-state index in [4.69, 9.17) is 5.26 Å². The number of nitrogens with one attached hydrogen (secondary N) is 1. The molecule has 4 heteroatoms. The summed E-state index contributed by atoms with van der Waals surface area (Å²) in [6.45, 7) is 2.56. The third kappa shape index (κ3) is 2.96. The van der Waals surface area contributed by atoms with E-state index in [9.17, 15) is 4.79 Å². The van der Waals surface area contributed by atoms with Gasteiger partial charge >= 0.3 is 0 Å². The summed E-state index contributed by atoms with van der Waals surface area (Å²) in [6.07, 6.45) is 0. The van der Waals surface area contributed by atoms with E-state index in [0.717, 1.165) is 4.88 Å². The van der Waals surface area contributed by atoms with Crippen molar-refractivity contribution in [2.75, 3.05) is 0 Å². The van der Waals surface area contributed by atoms with Crippen LogP contribution in [0, 0.1) is 18.3 Å². The van der Waals surface area contributed by atoms with Crippen LogP contribution in [0.25, 0.3) is 0 Å². The summed E-state index contributed by atoms with van der Waals surface area (Å²) in [5.41, 5.74) is 1.01. The lowest BCUT2D eigenvalue weighted by atomic mass is 10.1. The first kappa shape index (κ1) is 12.3. The van der Waals surface area contributed by atoms with Crippen molar-refractivity contribution in [2.24, 2.45) is 0 Å². The van der Waals surface area contributed by atoms with Gasteiger partial charge in [0.25, 0.3) is 5.91 Å². The van der Waals surface area contributed by atoms with Gasteiger partial charge in [-0.15, -0.1) is 11.3 Å². The predicted octanol–water partition coefficient (Wildman–Crippen LogP) is 2.86. The maximum atomic E-state index is 11.9. The van der Waals surface area contributed by atoms with Crippen LogP contribution in [0.5, 0.6) is 0 Å². The van der Waals surface area contributed by atoms with E-state index in [0.29, 0.717) is 17.7 Å². The number of nitriles is 1. The Kier molecular flexibility index (Phi) is 3.75. The fraction of sp³-hybridized carbons (Fsp3) is 0.143. The SMILES string of the molecule is Cc1ccc(CNC(=O)c2cccc(C#N)c2)s1. The largest absolute Gasteiger partial charge is 0.347 e. The second-order valence-electron chi connectivity index (χ2n) is 3.89. The number of aryl methyl sites for hydroxylation is 1. The molecule has 2 rings (SSSR count). The minimum absolute atomic E-state index is 0.154. The molecule has 0 aliphatic carbocycles. The smallest absolute Gasteiger partial charge is 0.251 e. The van der Waals surface area contributed by atoms with E-state index in [2.05, 4.69) is 5.32 Å². The van der Waals surface area contributed by atoms with Gasteiger partial charge in [0.2, 0.25) is 0 Å². The van der Waals surface area contributed by atoms with Gasteiger partial charge < -0.3 is 5.32 Å². The Labute approximate surface area is 110 Å². The number of benzene rings is 1. The molecular formula is C14H12N2OS. The number of carbonyl (C=O) groups is 1. The van der Waals surface area contributed by atoms with Crippen LogP contribution in [0.2, 0.25) is 0 Å². The molecule has 0 saturated carbocycles. The van der Waals surface area contributed by atoms with Crippen molar-refractivity contribution in [3.8, 4) is 6.07 Å². The van der Waals surface area contributed by atoms with Crippen molar-refractivity contribution < 1.29 is 4.79 Å². The molecule has 1 amide bonds. The number of hydrogen-bond donors (Lipinski definition) is 1. The van der Waals surface area contributed by atoms with E-state index in [1.54, 1.807) is 35.6 Å². The van der Waals surface area contributed by atoms with Crippen LogP contribution in [0.3, 0.4) is 0 Å². The Morgan fingerprint density at radius 2 is 2.22 bits per heavy atom. The first-order valence-electron chi connectivity index (χ1n) is 5.53. The maximum absolute atomic E-state index is 11.9. The zero-order chi connectivity index (χ0) is 13.0. The first-order valence-corrected chi connectivity index (χ1v) is 6.34. The van der Waals surface area contributed by atoms with Crippen molar-refractivity contribution in [3.63, 3.8) is 0 Å². The molecule has 3 nitrogen and oxygen atoms in total. The summed E-state index contributed by atoms with van der Waals surface area (Å²) in [4.78, 5) is 14.2. The van der Waals surface area contributed by atoms with Gasteiger partial charge in [-0.05, 0) is 37.3 Å². The number of rotatable bonds is 3. The van der Waals surface area contributed by atoms with Crippen LogP contribution in [0.1, 0.15) is 25.7 Å². The Balaban J connectivity index is 2.01. The molecule has 18 heavy (non-hydrogen) atoms. The zero-order valence-corrected chi connectivity index (χ0v) is 10.8. The third-order valence-corrected chi connectivity index (χ3v) is 3.47. The lowest BCUT2D eigenvalue weighted by Crippen LogP contribution is -2.22. The molecule has 0 radical (unpaired) electrons. The summed E-state index contributed by atoms with van der Waals surface area (Å²) in [6, 6.07) is 12.7. The Hall–Kier alpha value is -2.12. The average molecular weight is 256 g/mol. The number of carbonyl (C=O) groups excluding carboxylic acids is 1. The standard InChI is InChI=1S/C14H12N2OS/c1-10-5-6-13(18-10)9-16-14(17)12-4-2-3-11(7-12)8-15/h2-7H,9H2,1H3,(H,16,17). The number of thiophene rings is 1. The second-order valence-corrected chi connectivity index (χ2v) is 5.26. The van der Waals surface area contributed by atoms with Crippen molar-refractivity contribution in [2.45, 2.75) is 13.5 Å². The highest BCUT2D eigenvalue weighted by Gasteiger charge is 2.06. The van der Waals surface area contributed by atoms with Crippen LogP contribution in [0.4, 0.5) is 0 Å². The van der Waals surface area contributed by atoms with Crippen molar-refractivity contribution in [1.29, 1.82) is 5.26 Å². The Bertz CT molecular complexity index is 610. The monoisotopic (exact) mass is 256 g/mol. The summed E-state index contributed by atoms with van der Waals surface area (Å²) < 4.78 is 0. The molecule has 1 N–H and O–H groups in total. The molecule has 0 unspecified atom stereocenters. The van der Waals surface area contributed by atoms with E-state index >= 15 is 0 Å². The lowest BCUT2D eigenvalue weighted by Gasteiger charge is -2.03. The van der Waals surface area contributed by atoms with Gasteiger partial charge in [0.15, 0.2) is 0 Å². The van der Waals surface area contributed by atoms with Gasteiger partial charge in [-0.25, -0.2) is 0 Å². The molecule has 1 heterocycles. The van der Waals surface area contributed by atoms with Gasteiger partial charge in [0.05, 0.1) is 18.2 Å². The van der Waals surface area contributed by atoms with E-state index in [-0.39, 0.29) is 5.91 Å². The van der Waals surface area contributed by atoms with Crippen molar-refractivity contribution in [1.82, 2.24) is 5.32 Å². The molecule has 90 valence electrons. The quantitative estimate of drug-likeness (QED) is 0.918. The van der Waals surface area contributed by atoms with Crippen molar-refractivity contribution in [3.05, 3.63) is 57.3 Å². The van der Waals surface area contributed by atoms with Crippen LogP contribution < -0.4 is 5.32 Å². The average Bonchev–Trinajstić information content (AvgIpc) is 2.82. The van der Waals surface area contributed by atoms with Crippen LogP contribution >= 0.6 is 11.3 Å². The van der Waals surface area contributed by atoms with Crippen LogP contribution in [-0.4, -0.2) is 5.91 Å². The van der Waals surface area contributed by atoms with Gasteiger partial charge in [-0.2, -0.15) is 5.26 Å². The molecule has 0 aliphatic rings. The highest BCUT2D eigenvalue weighted by atomic mass is 32.1. The Morgan fingerprint density at radius 1 is 1.39 bits per heavy atom. The highest BCUT2D eigenvalue weighted by molar-refractivity contribution is 7.11. The molecule has 0 bridgehead atoms. The van der Waals surface area contributed by atoms with Gasteiger partial charge in [-0.3, -0.25) is 4.79 Å². The fourth-order valence-corrected chi connectivity index (χ4v) is 2.41. The molecule has 0 aliphatic heterocycles. The molecule has 1 aromatic carbocycles. The van der Waals surface area contributed by atoms with Crippen LogP contribution in [0.15, 0.2) is 36.4 Å². The fourth-order valence-electron chi connectivity index (χ4n) is 1.58. The normalized spacial score (nSPS) is 9.78. The number of amides is 1. The van der Waals surface area contributed by atoms with Crippen LogP contribution in [-0.2, 0) is 6.54 Å². The second kappa shape index (κ2) is 5.48. The maximum Gasteiger partial charge on any atom is 0.251 e. The number of nitrogens with zero attached hydrogens (tertiary/aromatic N) is 1. The minimum Gasteiger partial charge on any atom is -0.347 e. The summed E-state index contributed by atoms with van der Waals surface area (Å²) in [5.74, 6) is -0.154. The molecule has 0 spiro atoms. The molecule has 0 fully saturated rings. The topological polar surface area (TPSA) is 52.9 Å². The van der Waals surface area contributed by atoms with Gasteiger partial charge in [0.1, 0.15) is 0 Å². The van der Waals surface area contributed by atoms with E-state index < -0.39 is 0 Å². The third-order valence-electron chi connectivity index (χ3n) is 2.47. The minimum atomic E-state index is -0.154.